The molecule has 0 aliphatic rings. The summed E-state index contributed by atoms with van der Waals surface area (Å²) >= 11 is 5.67. The normalized spacial score (nSPS) is 12.5. The molecule has 1 rings (SSSR count). The standard InChI is InChI=1S/C9H14ClN3OS/c1-7-6-12-9(10)13-8(7)11-4-3-5-15(2)14/h6H,3-5H2,1-2H3,(H,11,12,13). The summed E-state index contributed by atoms with van der Waals surface area (Å²) in [6.45, 7) is 2.66. The minimum Gasteiger partial charge on any atom is -0.370 e. The maximum atomic E-state index is 10.8. The third-order valence-electron chi connectivity index (χ3n) is 1.84. The van der Waals surface area contributed by atoms with Crippen molar-refractivity contribution in [2.45, 2.75) is 13.3 Å². The second-order valence-corrected chi connectivity index (χ2v) is 5.12. The molecule has 0 bridgehead atoms. The molecule has 0 amide bonds. The van der Waals surface area contributed by atoms with E-state index in [1.54, 1.807) is 12.5 Å². The predicted molar refractivity (Wildman–Crippen MR) is 63.8 cm³/mol. The van der Waals surface area contributed by atoms with E-state index in [0.717, 1.165) is 24.3 Å². The van der Waals surface area contributed by atoms with Crippen molar-refractivity contribution in [1.82, 2.24) is 9.97 Å². The van der Waals surface area contributed by atoms with Crippen molar-refractivity contribution in [2.24, 2.45) is 0 Å². The second-order valence-electron chi connectivity index (χ2n) is 3.23. The monoisotopic (exact) mass is 247 g/mol. The van der Waals surface area contributed by atoms with E-state index in [9.17, 15) is 4.21 Å². The lowest BCUT2D eigenvalue weighted by atomic mass is 10.3. The third-order valence-corrected chi connectivity index (χ3v) is 2.89. The summed E-state index contributed by atoms with van der Waals surface area (Å²) in [5.41, 5.74) is 0.956. The molecule has 1 aromatic rings. The Bertz CT molecular complexity index is 359. The Balaban J connectivity index is 2.43. The number of nitrogens with one attached hydrogen (secondary N) is 1. The molecule has 1 atom stereocenters. The molecule has 4 nitrogen and oxygen atoms in total. The summed E-state index contributed by atoms with van der Waals surface area (Å²) in [6.07, 6.45) is 4.23. The van der Waals surface area contributed by atoms with Gasteiger partial charge in [-0.25, -0.2) is 9.97 Å². The molecule has 0 fully saturated rings. The maximum Gasteiger partial charge on any atom is 0.224 e. The zero-order valence-corrected chi connectivity index (χ0v) is 10.4. The highest BCUT2D eigenvalue weighted by molar-refractivity contribution is 7.84. The highest BCUT2D eigenvalue weighted by atomic mass is 35.5. The third kappa shape index (κ3) is 4.57. The summed E-state index contributed by atoms with van der Waals surface area (Å²) in [4.78, 5) is 7.92. The minimum absolute atomic E-state index is 0.238. The molecule has 84 valence electrons. The summed E-state index contributed by atoms with van der Waals surface area (Å²) < 4.78 is 10.8. The van der Waals surface area contributed by atoms with Crippen LogP contribution in [0, 0.1) is 6.92 Å². The highest BCUT2D eigenvalue weighted by Crippen LogP contribution is 2.12. The van der Waals surface area contributed by atoms with Crippen molar-refractivity contribution in [3.8, 4) is 0 Å². The van der Waals surface area contributed by atoms with Gasteiger partial charge in [-0.1, -0.05) is 0 Å². The van der Waals surface area contributed by atoms with E-state index in [1.165, 1.54) is 0 Å². The Morgan fingerprint density at radius 1 is 1.60 bits per heavy atom. The summed E-state index contributed by atoms with van der Waals surface area (Å²) in [6, 6.07) is 0. The van der Waals surface area contributed by atoms with Gasteiger partial charge in [0.05, 0.1) is 0 Å². The molecule has 0 spiro atoms. The van der Waals surface area contributed by atoms with Crippen molar-refractivity contribution < 1.29 is 4.21 Å². The van der Waals surface area contributed by atoms with Crippen molar-refractivity contribution >= 4 is 28.2 Å². The quantitative estimate of drug-likeness (QED) is 0.635. The highest BCUT2D eigenvalue weighted by Gasteiger charge is 2.01. The number of halogens is 1. The summed E-state index contributed by atoms with van der Waals surface area (Å²) in [5, 5.41) is 3.38. The number of aromatic nitrogens is 2. The number of rotatable bonds is 5. The smallest absolute Gasteiger partial charge is 0.224 e. The average Bonchev–Trinajstić information content (AvgIpc) is 2.17. The van der Waals surface area contributed by atoms with Crippen LogP contribution < -0.4 is 5.32 Å². The van der Waals surface area contributed by atoms with Gasteiger partial charge in [-0.15, -0.1) is 0 Å². The number of anilines is 1. The van der Waals surface area contributed by atoms with E-state index in [4.69, 9.17) is 11.6 Å². The van der Waals surface area contributed by atoms with Crippen LogP contribution in [0.2, 0.25) is 5.28 Å². The van der Waals surface area contributed by atoms with Gasteiger partial charge in [0.25, 0.3) is 0 Å². The SMILES string of the molecule is Cc1cnc(Cl)nc1NCCCS(C)=O. The molecule has 0 radical (unpaired) electrons. The van der Waals surface area contributed by atoms with Crippen LogP contribution in [0.3, 0.4) is 0 Å². The molecule has 0 saturated heterocycles. The van der Waals surface area contributed by atoms with Crippen molar-refractivity contribution in [1.29, 1.82) is 0 Å². The first-order chi connectivity index (χ1) is 7.09. The average molecular weight is 248 g/mol. The molecule has 0 saturated carbocycles. The van der Waals surface area contributed by atoms with Crippen LogP contribution in [0.25, 0.3) is 0 Å². The second kappa shape index (κ2) is 6.02. The molecule has 6 heteroatoms. The number of hydrogen-bond acceptors (Lipinski definition) is 4. The van der Waals surface area contributed by atoms with E-state index in [0.29, 0.717) is 5.75 Å². The van der Waals surface area contributed by atoms with Crippen LogP contribution in [-0.4, -0.2) is 32.7 Å². The molecular weight excluding hydrogens is 234 g/mol. The first kappa shape index (κ1) is 12.4. The molecule has 0 aliphatic carbocycles. The molecule has 0 aromatic carbocycles. The Morgan fingerprint density at radius 2 is 2.33 bits per heavy atom. The summed E-state index contributed by atoms with van der Waals surface area (Å²) in [5.74, 6) is 1.45. The van der Waals surface area contributed by atoms with Gasteiger partial charge in [-0.05, 0) is 24.9 Å². The Hall–Kier alpha value is -0.680. The fourth-order valence-corrected chi connectivity index (χ4v) is 1.77. The first-order valence-electron chi connectivity index (χ1n) is 4.62. The summed E-state index contributed by atoms with van der Waals surface area (Å²) in [7, 11) is -0.732. The van der Waals surface area contributed by atoms with Gasteiger partial charge in [0.15, 0.2) is 0 Å². The van der Waals surface area contributed by atoms with Gasteiger partial charge in [-0.3, -0.25) is 4.21 Å². The lowest BCUT2D eigenvalue weighted by molar-refractivity contribution is 0.685. The Labute approximate surface area is 96.9 Å². The molecule has 1 aromatic heterocycles. The van der Waals surface area contributed by atoms with Crippen LogP contribution in [0.1, 0.15) is 12.0 Å². The Kier molecular flexibility index (Phi) is 4.98. The topological polar surface area (TPSA) is 54.9 Å². The van der Waals surface area contributed by atoms with E-state index in [2.05, 4.69) is 15.3 Å². The van der Waals surface area contributed by atoms with Gasteiger partial charge >= 0.3 is 0 Å². The van der Waals surface area contributed by atoms with Gasteiger partial charge in [-0.2, -0.15) is 0 Å². The van der Waals surface area contributed by atoms with Crippen molar-refractivity contribution in [2.75, 3.05) is 23.9 Å². The largest absolute Gasteiger partial charge is 0.370 e. The zero-order valence-electron chi connectivity index (χ0n) is 8.79. The molecule has 1 unspecified atom stereocenters. The number of aryl methyl sites for hydroxylation is 1. The van der Waals surface area contributed by atoms with Gasteiger partial charge < -0.3 is 5.32 Å². The van der Waals surface area contributed by atoms with Crippen LogP contribution >= 0.6 is 11.6 Å². The number of nitrogens with zero attached hydrogens (tertiary/aromatic N) is 2. The van der Waals surface area contributed by atoms with E-state index in [-0.39, 0.29) is 5.28 Å². The van der Waals surface area contributed by atoms with Crippen molar-refractivity contribution in [3.63, 3.8) is 0 Å². The van der Waals surface area contributed by atoms with E-state index in [1.807, 2.05) is 6.92 Å². The predicted octanol–water partition coefficient (Wildman–Crippen LogP) is 1.62. The number of hydrogen-bond donors (Lipinski definition) is 1. The van der Waals surface area contributed by atoms with Crippen LogP contribution in [0.15, 0.2) is 6.20 Å². The fourth-order valence-electron chi connectivity index (χ4n) is 1.08. The lowest BCUT2D eigenvalue weighted by Gasteiger charge is -2.07. The zero-order chi connectivity index (χ0) is 11.3. The van der Waals surface area contributed by atoms with Gasteiger partial charge in [0.1, 0.15) is 5.82 Å². The molecule has 0 aliphatic heterocycles. The van der Waals surface area contributed by atoms with Gasteiger partial charge in [0.2, 0.25) is 5.28 Å². The van der Waals surface area contributed by atoms with Crippen molar-refractivity contribution in [3.05, 3.63) is 17.0 Å². The minimum atomic E-state index is -0.732. The fraction of sp³-hybridized carbons (Fsp3) is 0.556. The molecule has 15 heavy (non-hydrogen) atoms. The first-order valence-corrected chi connectivity index (χ1v) is 6.73. The molecule has 1 N–H and O–H groups in total. The Morgan fingerprint density at radius 3 is 3.00 bits per heavy atom. The van der Waals surface area contributed by atoms with Crippen LogP contribution in [0.5, 0.6) is 0 Å². The molecular formula is C9H14ClN3OS. The van der Waals surface area contributed by atoms with Crippen LogP contribution in [0.4, 0.5) is 5.82 Å². The molecule has 1 heterocycles. The van der Waals surface area contributed by atoms with E-state index < -0.39 is 10.8 Å². The van der Waals surface area contributed by atoms with Gasteiger partial charge in [0, 0.05) is 41.1 Å². The van der Waals surface area contributed by atoms with E-state index >= 15 is 0 Å². The maximum absolute atomic E-state index is 10.8. The van der Waals surface area contributed by atoms with Crippen LogP contribution in [-0.2, 0) is 10.8 Å². The lowest BCUT2D eigenvalue weighted by Crippen LogP contribution is -2.08.